The van der Waals surface area contributed by atoms with Gasteiger partial charge in [-0.1, -0.05) is 12.1 Å². The molecule has 1 saturated heterocycles. The first-order valence-corrected chi connectivity index (χ1v) is 9.77. The number of thiocarbonyl (C=S) groups is 1. The van der Waals surface area contributed by atoms with Gasteiger partial charge in [0.05, 0.1) is 23.9 Å². The molecule has 1 aliphatic heterocycles. The molecule has 2 aromatic rings. The van der Waals surface area contributed by atoms with Gasteiger partial charge in [-0.3, -0.25) is 14.9 Å². The third-order valence-corrected chi connectivity index (χ3v) is 4.98. The fourth-order valence-corrected chi connectivity index (χ4v) is 3.53. The minimum absolute atomic E-state index is 0.0384. The van der Waals surface area contributed by atoms with Gasteiger partial charge in [0.1, 0.15) is 11.3 Å². The molecule has 1 fully saturated rings. The maximum Gasteiger partial charge on any atom is 0.270 e. The second kappa shape index (κ2) is 8.62. The van der Waals surface area contributed by atoms with E-state index in [1.165, 1.54) is 24.2 Å². The number of methoxy groups -OCH3 is 1. The van der Waals surface area contributed by atoms with Crippen molar-refractivity contribution in [1.82, 2.24) is 5.32 Å². The summed E-state index contributed by atoms with van der Waals surface area (Å²) < 4.78 is 11.1. The number of benzene rings is 2. The first-order valence-electron chi connectivity index (χ1n) is 8.57. The van der Waals surface area contributed by atoms with Crippen LogP contribution >= 0.6 is 28.1 Å². The summed E-state index contributed by atoms with van der Waals surface area (Å²) in [5.74, 6) is -0.608. The van der Waals surface area contributed by atoms with Crippen LogP contribution in [0.25, 0.3) is 6.08 Å². The molecule has 0 saturated carbocycles. The van der Waals surface area contributed by atoms with E-state index in [1.54, 1.807) is 37.3 Å². The minimum atomic E-state index is -0.617. The van der Waals surface area contributed by atoms with Gasteiger partial charge in [0, 0.05) is 0 Å². The number of carbonyl (C=O) groups excluding carboxylic acids is 2. The van der Waals surface area contributed by atoms with E-state index in [2.05, 4.69) is 21.2 Å². The molecule has 3 rings (SSSR count). The van der Waals surface area contributed by atoms with Crippen molar-refractivity contribution in [2.45, 2.75) is 6.92 Å². The molecule has 29 heavy (non-hydrogen) atoms. The highest BCUT2D eigenvalue weighted by Crippen LogP contribution is 2.37. The number of halogens is 1. The van der Waals surface area contributed by atoms with Crippen LogP contribution in [-0.2, 0) is 9.59 Å². The number of phenols is 1. The lowest BCUT2D eigenvalue weighted by Crippen LogP contribution is -2.54. The zero-order valence-electron chi connectivity index (χ0n) is 15.6. The van der Waals surface area contributed by atoms with E-state index in [-0.39, 0.29) is 22.2 Å². The van der Waals surface area contributed by atoms with Crippen LogP contribution in [-0.4, -0.2) is 35.8 Å². The summed E-state index contributed by atoms with van der Waals surface area (Å²) >= 11 is 8.46. The van der Waals surface area contributed by atoms with Gasteiger partial charge in [-0.25, -0.2) is 4.90 Å². The molecule has 0 atom stereocenters. The Morgan fingerprint density at radius 1 is 1.24 bits per heavy atom. The van der Waals surface area contributed by atoms with Crippen LogP contribution in [0.4, 0.5) is 5.69 Å². The zero-order chi connectivity index (χ0) is 21.1. The number of ether oxygens (including phenoxy) is 2. The predicted octanol–water partition coefficient (Wildman–Crippen LogP) is 3.39. The SMILES string of the molecule is CCOc1cc(/C=C2\C(=O)NC(=S)N(c3ccccc3OC)C2=O)cc(Br)c1O. The smallest absolute Gasteiger partial charge is 0.270 e. The average molecular weight is 477 g/mol. The lowest BCUT2D eigenvalue weighted by Gasteiger charge is -2.29. The Labute approximate surface area is 181 Å². The monoisotopic (exact) mass is 476 g/mol. The molecule has 7 nitrogen and oxygen atoms in total. The maximum absolute atomic E-state index is 13.1. The highest BCUT2D eigenvalue weighted by atomic mass is 79.9. The van der Waals surface area contributed by atoms with E-state index in [9.17, 15) is 14.7 Å². The Morgan fingerprint density at radius 3 is 2.66 bits per heavy atom. The molecule has 0 unspecified atom stereocenters. The Morgan fingerprint density at radius 2 is 1.97 bits per heavy atom. The molecule has 1 heterocycles. The van der Waals surface area contributed by atoms with Crippen molar-refractivity contribution in [3.63, 3.8) is 0 Å². The molecule has 0 aliphatic carbocycles. The van der Waals surface area contributed by atoms with Crippen LogP contribution in [0.3, 0.4) is 0 Å². The summed E-state index contributed by atoms with van der Waals surface area (Å²) in [6.45, 7) is 2.12. The Bertz CT molecular complexity index is 1040. The van der Waals surface area contributed by atoms with E-state index in [0.29, 0.717) is 28.1 Å². The number of anilines is 1. The van der Waals surface area contributed by atoms with Crippen LogP contribution in [0, 0.1) is 0 Å². The molecular weight excluding hydrogens is 460 g/mol. The minimum Gasteiger partial charge on any atom is -0.503 e. The summed E-state index contributed by atoms with van der Waals surface area (Å²) in [4.78, 5) is 26.8. The van der Waals surface area contributed by atoms with Crippen molar-refractivity contribution in [3.05, 3.63) is 52.0 Å². The molecule has 0 bridgehead atoms. The highest BCUT2D eigenvalue weighted by Gasteiger charge is 2.35. The molecule has 9 heteroatoms. The normalized spacial score (nSPS) is 15.5. The van der Waals surface area contributed by atoms with E-state index in [4.69, 9.17) is 21.7 Å². The van der Waals surface area contributed by atoms with Gasteiger partial charge in [-0.2, -0.15) is 0 Å². The number of aromatic hydroxyl groups is 1. The molecule has 2 N–H and O–H groups in total. The summed E-state index contributed by atoms with van der Waals surface area (Å²) in [5, 5.41) is 12.6. The molecule has 2 amide bonds. The molecule has 0 spiro atoms. The van der Waals surface area contributed by atoms with Crippen molar-refractivity contribution < 1.29 is 24.2 Å². The van der Waals surface area contributed by atoms with Gasteiger partial charge in [0.25, 0.3) is 11.8 Å². The van der Waals surface area contributed by atoms with Crippen molar-refractivity contribution in [2.24, 2.45) is 0 Å². The average Bonchev–Trinajstić information content (AvgIpc) is 2.69. The molecule has 0 radical (unpaired) electrons. The topological polar surface area (TPSA) is 88.1 Å². The maximum atomic E-state index is 13.1. The van der Waals surface area contributed by atoms with E-state index in [1.807, 2.05) is 0 Å². The zero-order valence-corrected chi connectivity index (χ0v) is 18.0. The number of para-hydroxylation sites is 2. The molecule has 1 aliphatic rings. The second-order valence-corrected chi connectivity index (χ2v) is 7.15. The van der Waals surface area contributed by atoms with Crippen LogP contribution in [0.15, 0.2) is 46.4 Å². The highest BCUT2D eigenvalue weighted by molar-refractivity contribution is 9.10. The summed E-state index contributed by atoms with van der Waals surface area (Å²) in [7, 11) is 1.48. The lowest BCUT2D eigenvalue weighted by molar-refractivity contribution is -0.122. The summed E-state index contributed by atoms with van der Waals surface area (Å²) in [6.07, 6.45) is 1.41. The molecule has 0 aromatic heterocycles. The number of phenolic OH excluding ortho intramolecular Hbond substituents is 1. The Balaban J connectivity index is 2.06. The van der Waals surface area contributed by atoms with Gasteiger partial charge >= 0.3 is 0 Å². The fraction of sp³-hybridized carbons (Fsp3) is 0.150. The fourth-order valence-electron chi connectivity index (χ4n) is 2.80. The van der Waals surface area contributed by atoms with Gasteiger partial charge in [-0.05, 0) is 71.0 Å². The van der Waals surface area contributed by atoms with Crippen LogP contribution < -0.4 is 19.7 Å². The predicted molar refractivity (Wildman–Crippen MR) is 116 cm³/mol. The quantitative estimate of drug-likeness (QED) is 0.390. The van der Waals surface area contributed by atoms with Crippen molar-refractivity contribution in [1.29, 1.82) is 0 Å². The molecular formula is C20H17BrN2O5S. The van der Waals surface area contributed by atoms with Crippen molar-refractivity contribution in [3.8, 4) is 17.2 Å². The van der Waals surface area contributed by atoms with Crippen LogP contribution in [0.1, 0.15) is 12.5 Å². The van der Waals surface area contributed by atoms with Gasteiger partial charge in [0.2, 0.25) is 0 Å². The Kier molecular flexibility index (Phi) is 6.19. The van der Waals surface area contributed by atoms with Crippen LogP contribution in [0.5, 0.6) is 17.2 Å². The van der Waals surface area contributed by atoms with Crippen molar-refractivity contribution >= 4 is 56.8 Å². The number of nitrogens with one attached hydrogen (secondary N) is 1. The number of rotatable bonds is 5. The van der Waals surface area contributed by atoms with Crippen LogP contribution in [0.2, 0.25) is 0 Å². The largest absolute Gasteiger partial charge is 0.503 e. The number of hydrogen-bond donors (Lipinski definition) is 2. The van der Waals surface area contributed by atoms with Gasteiger partial charge < -0.3 is 14.6 Å². The van der Waals surface area contributed by atoms with Gasteiger partial charge in [0.15, 0.2) is 16.6 Å². The second-order valence-electron chi connectivity index (χ2n) is 5.91. The van der Waals surface area contributed by atoms with E-state index >= 15 is 0 Å². The first-order chi connectivity index (χ1) is 13.9. The number of amides is 2. The lowest BCUT2D eigenvalue weighted by atomic mass is 10.1. The molecule has 150 valence electrons. The summed E-state index contributed by atoms with van der Waals surface area (Å²) in [5.41, 5.74) is 0.784. The van der Waals surface area contributed by atoms with E-state index < -0.39 is 11.8 Å². The Hall–Kier alpha value is -2.91. The third-order valence-electron chi connectivity index (χ3n) is 4.09. The number of hydrogen-bond acceptors (Lipinski definition) is 6. The number of carbonyl (C=O) groups is 2. The van der Waals surface area contributed by atoms with E-state index in [0.717, 1.165) is 0 Å². The number of nitrogens with zero attached hydrogens (tertiary/aromatic N) is 1. The standard InChI is InChI=1S/C20H17BrN2O5S/c1-3-28-16-10-11(9-13(21)17(16)24)8-12-18(25)22-20(29)23(19(12)26)14-6-4-5-7-15(14)27-2/h4-10,24H,3H2,1-2H3,(H,22,25,29)/b12-8+. The van der Waals surface area contributed by atoms with Gasteiger partial charge in [-0.15, -0.1) is 0 Å². The van der Waals surface area contributed by atoms with Crippen molar-refractivity contribution in [2.75, 3.05) is 18.6 Å². The first kappa shape index (κ1) is 20.8. The third kappa shape index (κ3) is 4.10. The summed E-state index contributed by atoms with van der Waals surface area (Å²) in [6, 6.07) is 9.97. The molecule has 2 aromatic carbocycles.